The van der Waals surface area contributed by atoms with Crippen molar-refractivity contribution in [1.82, 2.24) is 10.1 Å². The van der Waals surface area contributed by atoms with Crippen molar-refractivity contribution in [3.63, 3.8) is 0 Å². The van der Waals surface area contributed by atoms with Gasteiger partial charge < -0.3 is 4.52 Å². The summed E-state index contributed by atoms with van der Waals surface area (Å²) in [5, 5.41) is 4.85. The lowest BCUT2D eigenvalue weighted by atomic mass is 9.79. The van der Waals surface area contributed by atoms with Crippen LogP contribution in [0.3, 0.4) is 0 Å². The lowest BCUT2D eigenvalue weighted by molar-refractivity contribution is 0.293. The second kappa shape index (κ2) is 7.28. The summed E-state index contributed by atoms with van der Waals surface area (Å²) in [4.78, 5) is 4.59. The fourth-order valence-corrected chi connectivity index (χ4v) is 3.56. The van der Waals surface area contributed by atoms with Gasteiger partial charge in [0.2, 0.25) is 0 Å². The molecule has 1 saturated carbocycles. The van der Waals surface area contributed by atoms with Crippen molar-refractivity contribution in [3.8, 4) is 11.5 Å². The maximum absolute atomic E-state index is 6.19. The Kier molecular flexibility index (Phi) is 5.14. The number of hydrogen-bond acceptors (Lipinski definition) is 3. The topological polar surface area (TPSA) is 38.9 Å². The summed E-state index contributed by atoms with van der Waals surface area (Å²) in [7, 11) is 0. The standard InChI is InChI=1S/C18H23ClN2O/c1-2-3-6-13-9-11-14(12-10-13)17-20-18(22-21-17)15-7-4-5-8-16(15)19/h4-5,7-8,13-14H,2-3,6,9-12H2,1H3. The van der Waals surface area contributed by atoms with Crippen LogP contribution in [0.15, 0.2) is 28.8 Å². The van der Waals surface area contributed by atoms with Crippen molar-refractivity contribution in [1.29, 1.82) is 0 Å². The van der Waals surface area contributed by atoms with Gasteiger partial charge in [0.1, 0.15) is 0 Å². The largest absolute Gasteiger partial charge is 0.334 e. The van der Waals surface area contributed by atoms with Crippen LogP contribution in [-0.2, 0) is 0 Å². The first-order chi connectivity index (χ1) is 10.8. The zero-order chi connectivity index (χ0) is 15.4. The van der Waals surface area contributed by atoms with Crippen molar-refractivity contribution >= 4 is 11.6 Å². The molecule has 118 valence electrons. The highest BCUT2D eigenvalue weighted by Gasteiger charge is 2.26. The smallest absolute Gasteiger partial charge is 0.259 e. The SMILES string of the molecule is CCCCC1CCC(c2noc(-c3ccccc3Cl)n2)CC1. The van der Waals surface area contributed by atoms with Crippen LogP contribution in [0, 0.1) is 5.92 Å². The minimum atomic E-state index is 0.442. The van der Waals surface area contributed by atoms with E-state index in [1.807, 2.05) is 24.3 Å². The number of rotatable bonds is 5. The van der Waals surface area contributed by atoms with Gasteiger partial charge in [-0.05, 0) is 43.7 Å². The molecule has 0 N–H and O–H groups in total. The molecule has 0 atom stereocenters. The summed E-state index contributed by atoms with van der Waals surface area (Å²) < 4.78 is 5.43. The fourth-order valence-electron chi connectivity index (χ4n) is 3.35. The van der Waals surface area contributed by atoms with E-state index in [1.54, 1.807) is 0 Å². The Labute approximate surface area is 137 Å². The van der Waals surface area contributed by atoms with Crippen LogP contribution in [0.25, 0.3) is 11.5 Å². The number of aromatic nitrogens is 2. The molecular formula is C18H23ClN2O. The van der Waals surface area contributed by atoms with Gasteiger partial charge in [-0.1, -0.05) is 55.1 Å². The van der Waals surface area contributed by atoms with Crippen molar-refractivity contribution in [2.24, 2.45) is 5.92 Å². The molecule has 0 amide bonds. The molecule has 0 radical (unpaired) electrons. The predicted octanol–water partition coefficient (Wildman–Crippen LogP) is 5.85. The Hall–Kier alpha value is -1.35. The average molecular weight is 319 g/mol. The molecule has 1 aliphatic rings. The summed E-state index contributed by atoms with van der Waals surface area (Å²) >= 11 is 6.19. The van der Waals surface area contributed by atoms with Crippen LogP contribution >= 0.6 is 11.6 Å². The lowest BCUT2D eigenvalue weighted by Crippen LogP contribution is -2.14. The number of nitrogens with zero attached hydrogens (tertiary/aromatic N) is 2. The first-order valence-electron chi connectivity index (χ1n) is 8.36. The van der Waals surface area contributed by atoms with E-state index in [0.29, 0.717) is 16.8 Å². The Morgan fingerprint density at radius 2 is 1.95 bits per heavy atom. The molecule has 0 spiro atoms. The van der Waals surface area contributed by atoms with Gasteiger partial charge in [0.05, 0.1) is 10.6 Å². The summed E-state index contributed by atoms with van der Waals surface area (Å²) in [5.74, 6) is 2.72. The second-order valence-electron chi connectivity index (χ2n) is 6.30. The molecule has 0 unspecified atom stereocenters. The molecule has 1 aromatic heterocycles. The van der Waals surface area contributed by atoms with E-state index in [4.69, 9.17) is 16.1 Å². The molecule has 4 heteroatoms. The summed E-state index contributed by atoms with van der Waals surface area (Å²) in [6.07, 6.45) is 8.97. The van der Waals surface area contributed by atoms with E-state index in [1.165, 1.54) is 44.9 Å². The van der Waals surface area contributed by atoms with Gasteiger partial charge in [-0.3, -0.25) is 0 Å². The first-order valence-corrected chi connectivity index (χ1v) is 8.74. The third-order valence-electron chi connectivity index (χ3n) is 4.72. The second-order valence-corrected chi connectivity index (χ2v) is 6.70. The molecule has 3 rings (SSSR count). The van der Waals surface area contributed by atoms with E-state index < -0.39 is 0 Å². The molecule has 2 aromatic rings. The fraction of sp³-hybridized carbons (Fsp3) is 0.556. The first kappa shape index (κ1) is 15.5. The molecular weight excluding hydrogens is 296 g/mol. The van der Waals surface area contributed by atoms with Crippen molar-refractivity contribution < 1.29 is 4.52 Å². The van der Waals surface area contributed by atoms with Gasteiger partial charge in [0.25, 0.3) is 5.89 Å². The molecule has 22 heavy (non-hydrogen) atoms. The Bertz CT molecular complexity index is 603. The van der Waals surface area contributed by atoms with Crippen LogP contribution in [0.2, 0.25) is 5.02 Å². The van der Waals surface area contributed by atoms with E-state index >= 15 is 0 Å². The highest BCUT2D eigenvalue weighted by Crippen LogP contribution is 2.37. The zero-order valence-electron chi connectivity index (χ0n) is 13.1. The monoisotopic (exact) mass is 318 g/mol. The van der Waals surface area contributed by atoms with Gasteiger partial charge in [0, 0.05) is 5.92 Å². The minimum absolute atomic E-state index is 0.442. The third kappa shape index (κ3) is 3.52. The van der Waals surface area contributed by atoms with Gasteiger partial charge in [-0.25, -0.2) is 0 Å². The Morgan fingerprint density at radius 1 is 1.18 bits per heavy atom. The number of halogens is 1. The highest BCUT2D eigenvalue weighted by atomic mass is 35.5. The van der Waals surface area contributed by atoms with Gasteiger partial charge >= 0.3 is 0 Å². The lowest BCUT2D eigenvalue weighted by Gasteiger charge is -2.26. The molecule has 1 aliphatic carbocycles. The van der Waals surface area contributed by atoms with Crippen molar-refractivity contribution in [2.75, 3.05) is 0 Å². The zero-order valence-corrected chi connectivity index (χ0v) is 13.9. The quantitative estimate of drug-likeness (QED) is 0.693. The number of benzene rings is 1. The van der Waals surface area contributed by atoms with Crippen LogP contribution in [0.4, 0.5) is 0 Å². The van der Waals surface area contributed by atoms with Gasteiger partial charge in [-0.15, -0.1) is 0 Å². The number of unbranched alkanes of at least 4 members (excludes halogenated alkanes) is 1. The molecule has 1 fully saturated rings. The number of hydrogen-bond donors (Lipinski definition) is 0. The van der Waals surface area contributed by atoms with Crippen LogP contribution in [0.5, 0.6) is 0 Å². The predicted molar refractivity (Wildman–Crippen MR) is 89.0 cm³/mol. The Balaban J connectivity index is 1.64. The summed E-state index contributed by atoms with van der Waals surface area (Å²) in [6.45, 7) is 2.27. The molecule has 0 saturated heterocycles. The van der Waals surface area contributed by atoms with Crippen LogP contribution in [0.1, 0.15) is 63.6 Å². The van der Waals surface area contributed by atoms with Gasteiger partial charge in [-0.2, -0.15) is 4.98 Å². The summed E-state index contributed by atoms with van der Waals surface area (Å²) in [6, 6.07) is 7.60. The van der Waals surface area contributed by atoms with Crippen molar-refractivity contribution in [3.05, 3.63) is 35.1 Å². The molecule has 1 aromatic carbocycles. The van der Waals surface area contributed by atoms with E-state index in [-0.39, 0.29) is 0 Å². The molecule has 0 bridgehead atoms. The molecule has 3 nitrogen and oxygen atoms in total. The van der Waals surface area contributed by atoms with Crippen LogP contribution in [-0.4, -0.2) is 10.1 Å². The minimum Gasteiger partial charge on any atom is -0.334 e. The maximum Gasteiger partial charge on any atom is 0.259 e. The Morgan fingerprint density at radius 3 is 2.68 bits per heavy atom. The molecule has 1 heterocycles. The normalized spacial score (nSPS) is 21.9. The van der Waals surface area contributed by atoms with Crippen molar-refractivity contribution in [2.45, 2.75) is 57.8 Å². The maximum atomic E-state index is 6.19. The molecule has 0 aliphatic heterocycles. The summed E-state index contributed by atoms with van der Waals surface area (Å²) in [5.41, 5.74) is 0.819. The van der Waals surface area contributed by atoms with Gasteiger partial charge in [0.15, 0.2) is 5.82 Å². The van der Waals surface area contributed by atoms with E-state index in [0.717, 1.165) is 17.3 Å². The highest BCUT2D eigenvalue weighted by molar-refractivity contribution is 6.33. The van der Waals surface area contributed by atoms with E-state index in [2.05, 4.69) is 17.1 Å². The third-order valence-corrected chi connectivity index (χ3v) is 5.05. The average Bonchev–Trinajstić information content (AvgIpc) is 3.03. The van der Waals surface area contributed by atoms with Crippen LogP contribution < -0.4 is 0 Å². The van der Waals surface area contributed by atoms with E-state index in [9.17, 15) is 0 Å².